The third kappa shape index (κ3) is 10.5. The standard InChI is InChI=1S/C18H33N5O2.HI/c1-6-11-23(17(24)25-18(2,3)4)15-10-21-16(19-5)20-9-14-22-12-7-8-13-22;/h7-8,12-13H,6,9-11,14-15H2,1-5H3,(H2,19,20,21);1H. The molecule has 1 aromatic heterocycles. The van der Waals surface area contributed by atoms with Gasteiger partial charge in [-0.15, -0.1) is 24.0 Å². The molecule has 0 unspecified atom stereocenters. The van der Waals surface area contributed by atoms with Gasteiger partial charge in [-0.05, 0) is 39.3 Å². The Hall–Kier alpha value is -1.45. The molecule has 0 aromatic carbocycles. The van der Waals surface area contributed by atoms with Gasteiger partial charge in [0.15, 0.2) is 5.96 Å². The summed E-state index contributed by atoms with van der Waals surface area (Å²) >= 11 is 0. The van der Waals surface area contributed by atoms with E-state index in [0.717, 1.165) is 25.5 Å². The number of carbonyl (C=O) groups excluding carboxylic acids is 1. The number of hydrogen-bond acceptors (Lipinski definition) is 3. The molecule has 8 heteroatoms. The minimum Gasteiger partial charge on any atom is -0.444 e. The van der Waals surface area contributed by atoms with Gasteiger partial charge in [0.25, 0.3) is 0 Å². The van der Waals surface area contributed by atoms with Gasteiger partial charge in [0, 0.05) is 52.2 Å². The zero-order valence-corrected chi connectivity index (χ0v) is 18.9. The van der Waals surface area contributed by atoms with Crippen molar-refractivity contribution in [3.05, 3.63) is 24.5 Å². The SMILES string of the molecule is CCCN(CCNC(=NC)NCCn1cccc1)C(=O)OC(C)(C)C.I. The molecule has 1 aromatic rings. The summed E-state index contributed by atoms with van der Waals surface area (Å²) in [5.41, 5.74) is -0.480. The molecule has 1 heterocycles. The van der Waals surface area contributed by atoms with Crippen LogP contribution in [0.4, 0.5) is 4.79 Å². The summed E-state index contributed by atoms with van der Waals surface area (Å²) in [4.78, 5) is 18.2. The van der Waals surface area contributed by atoms with Crippen LogP contribution in [-0.2, 0) is 11.3 Å². The summed E-state index contributed by atoms with van der Waals surface area (Å²) in [6, 6.07) is 4.01. The molecule has 0 fully saturated rings. The molecule has 0 saturated heterocycles. The zero-order chi connectivity index (χ0) is 18.7. The third-order valence-electron chi connectivity index (χ3n) is 3.37. The second-order valence-electron chi connectivity index (χ2n) is 6.81. The summed E-state index contributed by atoms with van der Waals surface area (Å²) in [7, 11) is 1.74. The van der Waals surface area contributed by atoms with E-state index in [2.05, 4.69) is 20.2 Å². The first-order valence-corrected chi connectivity index (χ1v) is 8.89. The van der Waals surface area contributed by atoms with Gasteiger partial charge in [0.05, 0.1) is 0 Å². The van der Waals surface area contributed by atoms with Gasteiger partial charge < -0.3 is 24.8 Å². The number of rotatable bonds is 8. The van der Waals surface area contributed by atoms with Crippen LogP contribution in [0.1, 0.15) is 34.1 Å². The highest BCUT2D eigenvalue weighted by Crippen LogP contribution is 2.10. The average molecular weight is 479 g/mol. The van der Waals surface area contributed by atoms with Crippen molar-refractivity contribution in [1.29, 1.82) is 0 Å². The number of ether oxygens (including phenoxy) is 1. The topological polar surface area (TPSA) is 70.9 Å². The highest BCUT2D eigenvalue weighted by Gasteiger charge is 2.21. The molecule has 1 rings (SSSR count). The first-order chi connectivity index (χ1) is 11.9. The van der Waals surface area contributed by atoms with Crippen LogP contribution in [0.2, 0.25) is 0 Å². The first kappa shape index (κ1) is 24.6. The largest absolute Gasteiger partial charge is 0.444 e. The molecule has 0 saturated carbocycles. The monoisotopic (exact) mass is 479 g/mol. The van der Waals surface area contributed by atoms with E-state index < -0.39 is 5.60 Å². The maximum atomic E-state index is 12.2. The number of carbonyl (C=O) groups is 1. The van der Waals surface area contributed by atoms with Gasteiger partial charge in [-0.1, -0.05) is 6.92 Å². The average Bonchev–Trinajstić information content (AvgIpc) is 3.04. The fraction of sp³-hybridized carbons (Fsp3) is 0.667. The van der Waals surface area contributed by atoms with Crippen LogP contribution >= 0.6 is 24.0 Å². The number of nitrogens with zero attached hydrogens (tertiary/aromatic N) is 3. The van der Waals surface area contributed by atoms with Gasteiger partial charge in [0.1, 0.15) is 5.60 Å². The Morgan fingerprint density at radius 3 is 2.31 bits per heavy atom. The van der Waals surface area contributed by atoms with Crippen LogP contribution in [0.25, 0.3) is 0 Å². The molecule has 0 radical (unpaired) electrons. The number of aliphatic imine (C=N–C) groups is 1. The van der Waals surface area contributed by atoms with E-state index in [0.29, 0.717) is 19.6 Å². The number of halogens is 1. The van der Waals surface area contributed by atoms with Gasteiger partial charge in [-0.2, -0.15) is 0 Å². The number of amides is 1. The Labute approximate surface area is 174 Å². The molecule has 1 amide bonds. The summed E-state index contributed by atoms with van der Waals surface area (Å²) in [5, 5.41) is 6.50. The maximum absolute atomic E-state index is 12.2. The van der Waals surface area contributed by atoms with Crippen LogP contribution in [0.15, 0.2) is 29.5 Å². The van der Waals surface area contributed by atoms with Gasteiger partial charge in [0.2, 0.25) is 0 Å². The van der Waals surface area contributed by atoms with Crippen molar-refractivity contribution >= 4 is 36.0 Å². The van der Waals surface area contributed by atoms with E-state index in [1.165, 1.54) is 0 Å². The van der Waals surface area contributed by atoms with Crippen molar-refractivity contribution in [1.82, 2.24) is 20.1 Å². The number of hydrogen-bond donors (Lipinski definition) is 2. The summed E-state index contributed by atoms with van der Waals surface area (Å²) in [5.74, 6) is 0.729. The first-order valence-electron chi connectivity index (χ1n) is 8.89. The molecule has 0 aliphatic rings. The van der Waals surface area contributed by atoms with Crippen LogP contribution in [0.3, 0.4) is 0 Å². The van der Waals surface area contributed by atoms with Gasteiger partial charge >= 0.3 is 6.09 Å². The minimum atomic E-state index is -0.480. The normalized spacial score (nSPS) is 11.5. The van der Waals surface area contributed by atoms with Crippen LogP contribution < -0.4 is 10.6 Å². The number of guanidine groups is 1. The van der Waals surface area contributed by atoms with Crippen molar-refractivity contribution in [3.63, 3.8) is 0 Å². The fourth-order valence-corrected chi connectivity index (χ4v) is 2.24. The molecule has 0 atom stereocenters. The van der Waals surface area contributed by atoms with E-state index in [4.69, 9.17) is 4.74 Å². The predicted molar refractivity (Wildman–Crippen MR) is 117 cm³/mol. The summed E-state index contributed by atoms with van der Waals surface area (Å²) < 4.78 is 7.56. The smallest absolute Gasteiger partial charge is 0.410 e. The van der Waals surface area contributed by atoms with Crippen molar-refractivity contribution in [2.24, 2.45) is 4.99 Å². The summed E-state index contributed by atoms with van der Waals surface area (Å²) in [6.45, 7) is 11.2. The second kappa shape index (κ2) is 12.8. The molecule has 0 spiro atoms. The molecule has 0 bridgehead atoms. The Morgan fingerprint density at radius 1 is 1.15 bits per heavy atom. The van der Waals surface area contributed by atoms with Gasteiger partial charge in [-0.3, -0.25) is 4.99 Å². The lowest BCUT2D eigenvalue weighted by atomic mass is 10.2. The van der Waals surface area contributed by atoms with E-state index >= 15 is 0 Å². The predicted octanol–water partition coefficient (Wildman–Crippen LogP) is 2.92. The molecule has 26 heavy (non-hydrogen) atoms. The molecular formula is C18H34IN5O2. The second-order valence-corrected chi connectivity index (χ2v) is 6.81. The molecule has 0 aliphatic carbocycles. The highest BCUT2D eigenvalue weighted by atomic mass is 127. The number of nitrogens with one attached hydrogen (secondary N) is 2. The van der Waals surface area contributed by atoms with E-state index in [1.807, 2.05) is 52.2 Å². The lowest BCUT2D eigenvalue weighted by molar-refractivity contribution is 0.0253. The van der Waals surface area contributed by atoms with E-state index in [9.17, 15) is 4.79 Å². The van der Waals surface area contributed by atoms with E-state index in [-0.39, 0.29) is 30.1 Å². The van der Waals surface area contributed by atoms with Crippen molar-refractivity contribution < 1.29 is 9.53 Å². The molecule has 2 N–H and O–H groups in total. The third-order valence-corrected chi connectivity index (χ3v) is 3.37. The molecule has 150 valence electrons. The minimum absolute atomic E-state index is 0. The molecular weight excluding hydrogens is 445 g/mol. The molecule has 0 aliphatic heterocycles. The zero-order valence-electron chi connectivity index (χ0n) is 16.6. The highest BCUT2D eigenvalue weighted by molar-refractivity contribution is 14.0. The Kier molecular flexibility index (Phi) is 12.1. The van der Waals surface area contributed by atoms with Crippen molar-refractivity contribution in [2.45, 2.75) is 46.3 Å². The lowest BCUT2D eigenvalue weighted by Gasteiger charge is -2.27. The summed E-state index contributed by atoms with van der Waals surface area (Å²) in [6.07, 6.45) is 4.68. The van der Waals surface area contributed by atoms with Crippen molar-refractivity contribution in [2.75, 3.05) is 33.2 Å². The van der Waals surface area contributed by atoms with E-state index in [1.54, 1.807) is 11.9 Å². The maximum Gasteiger partial charge on any atom is 0.410 e. The van der Waals surface area contributed by atoms with Crippen LogP contribution in [0, 0.1) is 0 Å². The quantitative estimate of drug-likeness (QED) is 0.342. The van der Waals surface area contributed by atoms with Crippen LogP contribution in [-0.4, -0.2) is 60.3 Å². The van der Waals surface area contributed by atoms with Crippen molar-refractivity contribution in [3.8, 4) is 0 Å². The number of aromatic nitrogens is 1. The Morgan fingerprint density at radius 2 is 1.77 bits per heavy atom. The Balaban J connectivity index is 0.00000625. The van der Waals surface area contributed by atoms with Crippen LogP contribution in [0.5, 0.6) is 0 Å². The lowest BCUT2D eigenvalue weighted by Crippen LogP contribution is -2.45. The fourth-order valence-electron chi connectivity index (χ4n) is 2.24. The Bertz CT molecular complexity index is 526. The van der Waals surface area contributed by atoms with Gasteiger partial charge in [-0.25, -0.2) is 4.79 Å². The molecule has 7 nitrogen and oxygen atoms in total.